The highest BCUT2D eigenvalue weighted by molar-refractivity contribution is 7.91. The summed E-state index contributed by atoms with van der Waals surface area (Å²) in [4.78, 5) is 20.0. The summed E-state index contributed by atoms with van der Waals surface area (Å²) in [5, 5.41) is 11.1. The Morgan fingerprint density at radius 1 is 1.07 bits per heavy atom. The third kappa shape index (κ3) is 4.34. The maximum atomic E-state index is 12.5. The smallest absolute Gasteiger partial charge is 0.491 e. The number of sulfone groups is 1. The first-order valence-corrected chi connectivity index (χ1v) is 8.41. The molecule has 0 spiro atoms. The van der Waals surface area contributed by atoms with Crippen molar-refractivity contribution >= 4 is 21.5 Å². The number of methoxy groups -OCH3 is 1. The molecule has 2 aromatic rings. The molecule has 0 aliphatic carbocycles. The van der Waals surface area contributed by atoms with Crippen LogP contribution in [0.1, 0.15) is 0 Å². The SMILES string of the molecule is COc1ccc(S(=O)(=O)c2ccc(OC(=O)C(F)(F)F)c([N+](=O)[O-])c2)cc1. The minimum Gasteiger partial charge on any atom is -0.497 e. The van der Waals surface area contributed by atoms with Crippen molar-refractivity contribution in [2.45, 2.75) is 16.0 Å². The largest absolute Gasteiger partial charge is 0.497 e. The Morgan fingerprint density at radius 2 is 1.63 bits per heavy atom. The zero-order valence-electron chi connectivity index (χ0n) is 13.4. The molecule has 144 valence electrons. The number of rotatable bonds is 5. The Balaban J connectivity index is 2.48. The minimum absolute atomic E-state index is 0.224. The number of halogens is 3. The Kier molecular flexibility index (Phi) is 5.40. The van der Waals surface area contributed by atoms with Crippen molar-refractivity contribution in [3.8, 4) is 11.5 Å². The molecule has 0 unspecified atom stereocenters. The van der Waals surface area contributed by atoms with Crippen molar-refractivity contribution in [1.82, 2.24) is 0 Å². The third-order valence-electron chi connectivity index (χ3n) is 3.24. The van der Waals surface area contributed by atoms with E-state index in [1.807, 2.05) is 0 Å². The molecular weight excluding hydrogens is 395 g/mol. The van der Waals surface area contributed by atoms with Crippen LogP contribution in [0.15, 0.2) is 52.3 Å². The summed E-state index contributed by atoms with van der Waals surface area (Å²) >= 11 is 0. The van der Waals surface area contributed by atoms with Gasteiger partial charge in [-0.3, -0.25) is 10.1 Å². The maximum absolute atomic E-state index is 12.5. The lowest BCUT2D eigenvalue weighted by molar-refractivity contribution is -0.386. The third-order valence-corrected chi connectivity index (χ3v) is 5.01. The molecule has 0 heterocycles. The Morgan fingerprint density at radius 3 is 2.11 bits per heavy atom. The highest BCUT2D eigenvalue weighted by atomic mass is 32.2. The van der Waals surface area contributed by atoms with Gasteiger partial charge in [0.05, 0.1) is 21.8 Å². The summed E-state index contributed by atoms with van der Waals surface area (Å²) in [7, 11) is -2.85. The Bertz CT molecular complexity index is 985. The van der Waals surface area contributed by atoms with E-state index in [4.69, 9.17) is 4.74 Å². The van der Waals surface area contributed by atoms with Gasteiger partial charge in [-0.15, -0.1) is 0 Å². The zero-order valence-corrected chi connectivity index (χ0v) is 14.2. The number of alkyl halides is 3. The molecule has 0 N–H and O–H groups in total. The topological polar surface area (TPSA) is 113 Å². The fraction of sp³-hybridized carbons (Fsp3) is 0.133. The van der Waals surface area contributed by atoms with Crippen LogP contribution in [-0.4, -0.2) is 32.6 Å². The van der Waals surface area contributed by atoms with E-state index in [9.17, 15) is 36.5 Å². The normalized spacial score (nSPS) is 11.7. The predicted octanol–water partition coefficient (Wildman–Crippen LogP) is 2.90. The first-order valence-electron chi connectivity index (χ1n) is 6.93. The second kappa shape index (κ2) is 7.23. The van der Waals surface area contributed by atoms with Crippen molar-refractivity contribution in [3.05, 3.63) is 52.6 Å². The number of carbonyl (C=O) groups is 1. The molecule has 0 amide bonds. The predicted molar refractivity (Wildman–Crippen MR) is 83.2 cm³/mol. The number of ether oxygens (including phenoxy) is 2. The summed E-state index contributed by atoms with van der Waals surface area (Å²) in [6.07, 6.45) is -5.37. The number of nitro benzene ring substituents is 1. The molecule has 0 bridgehead atoms. The van der Waals surface area contributed by atoms with E-state index in [2.05, 4.69) is 4.74 Å². The first-order chi connectivity index (χ1) is 12.5. The summed E-state index contributed by atoms with van der Waals surface area (Å²) in [6, 6.07) is 7.00. The van der Waals surface area contributed by atoms with Crippen LogP contribution in [0.25, 0.3) is 0 Å². The quantitative estimate of drug-likeness (QED) is 0.325. The van der Waals surface area contributed by atoms with Crippen molar-refractivity contribution in [3.63, 3.8) is 0 Å². The van der Waals surface area contributed by atoms with Gasteiger partial charge in [0, 0.05) is 6.07 Å². The second-order valence-electron chi connectivity index (χ2n) is 4.95. The molecule has 0 aliphatic heterocycles. The number of benzene rings is 2. The fourth-order valence-corrected chi connectivity index (χ4v) is 3.22. The van der Waals surface area contributed by atoms with E-state index >= 15 is 0 Å². The number of hydrogen-bond donors (Lipinski definition) is 0. The van der Waals surface area contributed by atoms with Gasteiger partial charge in [-0.05, 0) is 36.4 Å². The average molecular weight is 405 g/mol. The zero-order chi connectivity index (χ0) is 20.4. The standard InChI is InChI=1S/C15H10F3NO7S/c1-25-9-2-4-10(5-3-9)27(23,24)11-6-7-13(12(8-11)19(21)22)26-14(20)15(16,17)18/h2-8H,1H3. The number of esters is 1. The van der Waals surface area contributed by atoms with E-state index in [0.29, 0.717) is 17.9 Å². The van der Waals surface area contributed by atoms with Crippen molar-refractivity contribution in [1.29, 1.82) is 0 Å². The van der Waals surface area contributed by atoms with Gasteiger partial charge in [-0.2, -0.15) is 13.2 Å². The van der Waals surface area contributed by atoms with Gasteiger partial charge < -0.3 is 9.47 Å². The van der Waals surface area contributed by atoms with Crippen LogP contribution in [-0.2, 0) is 14.6 Å². The maximum Gasteiger partial charge on any atom is 0.491 e. The molecule has 12 heteroatoms. The van der Waals surface area contributed by atoms with E-state index < -0.39 is 43.2 Å². The molecule has 0 radical (unpaired) electrons. The van der Waals surface area contributed by atoms with E-state index in [1.54, 1.807) is 0 Å². The fourth-order valence-electron chi connectivity index (χ4n) is 1.94. The van der Waals surface area contributed by atoms with Gasteiger partial charge >= 0.3 is 17.8 Å². The van der Waals surface area contributed by atoms with Gasteiger partial charge in [0.2, 0.25) is 15.6 Å². The van der Waals surface area contributed by atoms with Gasteiger partial charge in [0.15, 0.2) is 0 Å². The van der Waals surface area contributed by atoms with E-state index in [1.165, 1.54) is 31.4 Å². The van der Waals surface area contributed by atoms with Crippen molar-refractivity contribution in [2.75, 3.05) is 7.11 Å². The van der Waals surface area contributed by atoms with Crippen LogP contribution in [0.4, 0.5) is 18.9 Å². The monoisotopic (exact) mass is 405 g/mol. The summed E-state index contributed by atoms with van der Waals surface area (Å²) in [6.45, 7) is 0. The second-order valence-corrected chi connectivity index (χ2v) is 6.90. The van der Waals surface area contributed by atoms with Gasteiger partial charge in [0.25, 0.3) is 0 Å². The molecule has 0 saturated carbocycles. The van der Waals surface area contributed by atoms with Crippen LogP contribution in [0.3, 0.4) is 0 Å². The van der Waals surface area contributed by atoms with Crippen LogP contribution in [0.2, 0.25) is 0 Å². The molecule has 8 nitrogen and oxygen atoms in total. The molecule has 2 aromatic carbocycles. The Labute approximate surface area is 150 Å². The molecule has 0 aliphatic rings. The van der Waals surface area contributed by atoms with Crippen molar-refractivity contribution in [2.24, 2.45) is 0 Å². The van der Waals surface area contributed by atoms with Gasteiger partial charge in [-0.25, -0.2) is 13.2 Å². The molecule has 0 aromatic heterocycles. The van der Waals surface area contributed by atoms with Crippen LogP contribution in [0.5, 0.6) is 11.5 Å². The Hall–Kier alpha value is -3.15. The number of nitro groups is 1. The molecule has 2 rings (SSSR count). The van der Waals surface area contributed by atoms with Gasteiger partial charge in [0.1, 0.15) is 5.75 Å². The first kappa shape index (κ1) is 20.2. The van der Waals surface area contributed by atoms with E-state index in [-0.39, 0.29) is 4.90 Å². The molecule has 0 atom stereocenters. The molecular formula is C15H10F3NO7S. The highest BCUT2D eigenvalue weighted by Crippen LogP contribution is 2.33. The van der Waals surface area contributed by atoms with Crippen LogP contribution < -0.4 is 9.47 Å². The molecule has 0 fully saturated rings. The molecule has 0 saturated heterocycles. The lowest BCUT2D eigenvalue weighted by atomic mass is 10.3. The highest BCUT2D eigenvalue weighted by Gasteiger charge is 2.42. The minimum atomic E-state index is -5.37. The van der Waals surface area contributed by atoms with Crippen LogP contribution >= 0.6 is 0 Å². The number of carbonyl (C=O) groups excluding carboxylic acids is 1. The van der Waals surface area contributed by atoms with Crippen LogP contribution in [0, 0.1) is 10.1 Å². The average Bonchev–Trinajstić information content (AvgIpc) is 2.60. The number of nitrogens with zero attached hydrogens (tertiary/aromatic N) is 1. The summed E-state index contributed by atoms with van der Waals surface area (Å²) in [5.41, 5.74) is -1.11. The summed E-state index contributed by atoms with van der Waals surface area (Å²) in [5.74, 6) is -3.33. The van der Waals surface area contributed by atoms with Crippen molar-refractivity contribution < 1.29 is 40.8 Å². The van der Waals surface area contributed by atoms with Gasteiger partial charge in [-0.1, -0.05) is 0 Å². The lowest BCUT2D eigenvalue weighted by Gasteiger charge is -2.09. The summed E-state index contributed by atoms with van der Waals surface area (Å²) < 4.78 is 70.8. The lowest BCUT2D eigenvalue weighted by Crippen LogP contribution is -2.28. The number of hydrogen-bond acceptors (Lipinski definition) is 7. The molecule has 27 heavy (non-hydrogen) atoms. The van der Waals surface area contributed by atoms with E-state index in [0.717, 1.165) is 6.07 Å².